The highest BCUT2D eigenvalue weighted by molar-refractivity contribution is 6.34. The van der Waals surface area contributed by atoms with Crippen molar-refractivity contribution in [3.8, 4) is 5.75 Å². The molecule has 3 heterocycles. The quantitative estimate of drug-likeness (QED) is 0.447. The number of anilines is 1. The number of carboxylic acids is 1. The van der Waals surface area contributed by atoms with Crippen molar-refractivity contribution in [1.82, 2.24) is 9.47 Å². The Kier molecular flexibility index (Phi) is 7.45. The summed E-state index contributed by atoms with van der Waals surface area (Å²) >= 11 is 6.80. The Morgan fingerprint density at radius 2 is 1.89 bits per heavy atom. The van der Waals surface area contributed by atoms with Crippen molar-refractivity contribution in [3.63, 3.8) is 0 Å². The number of pyridine rings is 1. The van der Waals surface area contributed by atoms with Gasteiger partial charge >= 0.3 is 5.97 Å². The van der Waals surface area contributed by atoms with Gasteiger partial charge in [0.25, 0.3) is 0 Å². The van der Waals surface area contributed by atoms with Crippen LogP contribution in [0.5, 0.6) is 5.75 Å². The minimum atomic E-state index is -1.20. The van der Waals surface area contributed by atoms with Crippen LogP contribution in [0.2, 0.25) is 5.02 Å². The van der Waals surface area contributed by atoms with Crippen molar-refractivity contribution in [3.05, 3.63) is 68.5 Å². The lowest BCUT2D eigenvalue weighted by atomic mass is 9.93. The molecule has 7 nitrogen and oxygen atoms in total. The van der Waals surface area contributed by atoms with Crippen LogP contribution in [-0.4, -0.2) is 59.9 Å². The average Bonchev–Trinajstić information content (AvgIpc) is 2.89. The molecule has 1 atom stereocenters. The molecule has 37 heavy (non-hydrogen) atoms. The first-order valence-electron chi connectivity index (χ1n) is 13.2. The van der Waals surface area contributed by atoms with Crippen LogP contribution in [0.15, 0.2) is 41.3 Å². The number of ether oxygens (including phenoxy) is 1. The molecule has 1 N–H and O–H groups in total. The molecule has 5 rings (SSSR count). The standard InChI is InChI=1S/C29H34ClN3O4/c1-3-37-21-9-7-20(8-10-21)5-4-12-31-13-15-32(16-14-31)27-22-11-6-19(2)33-18-24(29(35)36)28(34)23(26(22)33)17-25(27)30/h7-10,17-19H,3-6,11-16H2,1-2H3,(H,35,36). The summed E-state index contributed by atoms with van der Waals surface area (Å²) in [5.41, 5.74) is 3.58. The van der Waals surface area contributed by atoms with E-state index < -0.39 is 11.4 Å². The molecule has 0 amide bonds. The van der Waals surface area contributed by atoms with Crippen LogP contribution < -0.4 is 15.1 Å². The van der Waals surface area contributed by atoms with Crippen LogP contribution in [0.4, 0.5) is 5.69 Å². The molecule has 196 valence electrons. The number of aromatic carboxylic acids is 1. The number of hydrogen-bond donors (Lipinski definition) is 1. The van der Waals surface area contributed by atoms with Crippen molar-refractivity contribution in [2.75, 3.05) is 44.2 Å². The van der Waals surface area contributed by atoms with Gasteiger partial charge in [-0.15, -0.1) is 0 Å². The summed E-state index contributed by atoms with van der Waals surface area (Å²) < 4.78 is 7.50. The SMILES string of the molecule is CCOc1ccc(CCCN2CCN(c3c(Cl)cc4c(=O)c(C(=O)O)cn5c4c3CCC5C)CC2)cc1. The number of aromatic nitrogens is 1. The lowest BCUT2D eigenvalue weighted by molar-refractivity contribution is 0.0694. The zero-order valence-corrected chi connectivity index (χ0v) is 22.3. The molecule has 2 aliphatic rings. The lowest BCUT2D eigenvalue weighted by Gasteiger charge is -2.39. The van der Waals surface area contributed by atoms with E-state index in [1.54, 1.807) is 6.07 Å². The number of rotatable bonds is 8. The summed E-state index contributed by atoms with van der Waals surface area (Å²) in [7, 11) is 0. The van der Waals surface area contributed by atoms with Crippen molar-refractivity contribution in [2.24, 2.45) is 0 Å². The minimum absolute atomic E-state index is 0.120. The predicted octanol–water partition coefficient (Wildman–Crippen LogP) is 5.01. The monoisotopic (exact) mass is 523 g/mol. The largest absolute Gasteiger partial charge is 0.494 e. The smallest absolute Gasteiger partial charge is 0.341 e. The summed E-state index contributed by atoms with van der Waals surface area (Å²) in [6.07, 6.45) is 5.36. The molecular weight excluding hydrogens is 490 g/mol. The Labute approximate surface area is 222 Å². The van der Waals surface area contributed by atoms with E-state index in [4.69, 9.17) is 16.3 Å². The molecule has 2 aliphatic heterocycles. The third kappa shape index (κ3) is 5.07. The van der Waals surface area contributed by atoms with Gasteiger partial charge < -0.3 is 19.3 Å². The van der Waals surface area contributed by atoms with Crippen molar-refractivity contribution >= 4 is 34.2 Å². The highest BCUT2D eigenvalue weighted by Crippen LogP contribution is 2.41. The third-order valence-corrected chi connectivity index (χ3v) is 8.01. The summed E-state index contributed by atoms with van der Waals surface area (Å²) in [5.74, 6) is -0.281. The Morgan fingerprint density at radius 3 is 2.57 bits per heavy atom. The number of piperazine rings is 1. The summed E-state index contributed by atoms with van der Waals surface area (Å²) in [6, 6.07) is 10.2. The van der Waals surface area contributed by atoms with Gasteiger partial charge in [0.2, 0.25) is 5.43 Å². The molecular formula is C29H34ClN3O4. The van der Waals surface area contributed by atoms with Crippen LogP contribution in [0.3, 0.4) is 0 Å². The average molecular weight is 524 g/mol. The number of benzene rings is 2. The first-order valence-corrected chi connectivity index (χ1v) is 13.6. The Hall–Kier alpha value is -3.03. The van der Waals surface area contributed by atoms with Crippen LogP contribution in [-0.2, 0) is 12.8 Å². The fourth-order valence-corrected chi connectivity index (χ4v) is 6.09. The van der Waals surface area contributed by atoms with Crippen LogP contribution in [0.1, 0.15) is 54.2 Å². The third-order valence-electron chi connectivity index (χ3n) is 7.72. The van der Waals surface area contributed by atoms with E-state index in [9.17, 15) is 14.7 Å². The maximum Gasteiger partial charge on any atom is 0.341 e. The number of nitrogens with zero attached hydrogens (tertiary/aromatic N) is 3. The molecule has 2 aromatic carbocycles. The zero-order chi connectivity index (χ0) is 26.1. The summed E-state index contributed by atoms with van der Waals surface area (Å²) in [4.78, 5) is 29.5. The van der Waals surface area contributed by atoms with E-state index in [0.29, 0.717) is 17.0 Å². The normalized spacial score (nSPS) is 17.8. The number of hydrogen-bond acceptors (Lipinski definition) is 5. The Morgan fingerprint density at radius 1 is 1.16 bits per heavy atom. The minimum Gasteiger partial charge on any atom is -0.494 e. The van der Waals surface area contributed by atoms with Gasteiger partial charge in [-0.25, -0.2) is 4.79 Å². The molecule has 1 aromatic heterocycles. The number of carbonyl (C=O) groups is 1. The molecule has 0 aliphatic carbocycles. The predicted molar refractivity (Wildman–Crippen MR) is 148 cm³/mol. The molecule has 0 radical (unpaired) electrons. The van der Waals surface area contributed by atoms with Gasteiger partial charge in [-0.3, -0.25) is 9.69 Å². The highest BCUT2D eigenvalue weighted by Gasteiger charge is 2.29. The number of carboxylic acid groups (broad SMARTS) is 1. The van der Waals surface area contributed by atoms with Gasteiger partial charge in [-0.1, -0.05) is 23.7 Å². The molecule has 1 unspecified atom stereocenters. The van der Waals surface area contributed by atoms with Crippen molar-refractivity contribution in [1.29, 1.82) is 0 Å². The molecule has 1 fully saturated rings. The summed E-state index contributed by atoms with van der Waals surface area (Å²) in [5, 5.41) is 10.5. The maximum atomic E-state index is 13.0. The van der Waals surface area contributed by atoms with E-state index in [-0.39, 0.29) is 11.6 Å². The Balaban J connectivity index is 1.29. The highest BCUT2D eigenvalue weighted by atomic mass is 35.5. The van der Waals surface area contributed by atoms with Gasteiger partial charge in [0, 0.05) is 49.4 Å². The molecule has 0 spiro atoms. The van der Waals surface area contributed by atoms with Gasteiger partial charge in [0.1, 0.15) is 11.3 Å². The van der Waals surface area contributed by atoms with Crippen LogP contribution in [0.25, 0.3) is 10.9 Å². The summed E-state index contributed by atoms with van der Waals surface area (Å²) in [6.45, 7) is 9.45. The van der Waals surface area contributed by atoms with Crippen molar-refractivity contribution < 1.29 is 14.6 Å². The fraction of sp³-hybridized carbons (Fsp3) is 0.448. The van der Waals surface area contributed by atoms with Crippen LogP contribution >= 0.6 is 11.6 Å². The molecule has 1 saturated heterocycles. The second-order valence-electron chi connectivity index (χ2n) is 10.1. The van der Waals surface area contributed by atoms with Gasteiger partial charge in [-0.05, 0) is 69.8 Å². The lowest BCUT2D eigenvalue weighted by Crippen LogP contribution is -2.47. The van der Waals surface area contributed by atoms with E-state index in [1.807, 2.05) is 23.6 Å². The van der Waals surface area contributed by atoms with E-state index in [1.165, 1.54) is 11.8 Å². The van der Waals surface area contributed by atoms with Gasteiger partial charge in [0.05, 0.1) is 22.8 Å². The first-order chi connectivity index (χ1) is 17.9. The molecule has 0 saturated carbocycles. The number of halogens is 1. The second kappa shape index (κ2) is 10.8. The molecule has 3 aromatic rings. The molecule has 0 bridgehead atoms. The van der Waals surface area contributed by atoms with E-state index in [0.717, 1.165) is 80.9 Å². The van der Waals surface area contributed by atoms with E-state index in [2.05, 4.69) is 28.9 Å². The fourth-order valence-electron chi connectivity index (χ4n) is 5.75. The van der Waals surface area contributed by atoms with Crippen LogP contribution in [0, 0.1) is 0 Å². The first kappa shape index (κ1) is 25.6. The Bertz CT molecular complexity index is 1360. The topological polar surface area (TPSA) is 75.0 Å². The van der Waals surface area contributed by atoms with Gasteiger partial charge in [0.15, 0.2) is 0 Å². The number of aryl methyl sites for hydroxylation is 2. The second-order valence-corrected chi connectivity index (χ2v) is 10.5. The van der Waals surface area contributed by atoms with Gasteiger partial charge in [-0.2, -0.15) is 0 Å². The maximum absolute atomic E-state index is 13.0. The zero-order valence-electron chi connectivity index (χ0n) is 21.5. The van der Waals surface area contributed by atoms with Crippen molar-refractivity contribution in [2.45, 2.75) is 45.6 Å². The van der Waals surface area contributed by atoms with E-state index >= 15 is 0 Å². The molecule has 8 heteroatoms.